The summed E-state index contributed by atoms with van der Waals surface area (Å²) in [6.07, 6.45) is 0.878. The van der Waals surface area contributed by atoms with Gasteiger partial charge in [-0.15, -0.1) is 0 Å². The molecule has 2 heterocycles. The Morgan fingerprint density at radius 2 is 2.17 bits per heavy atom. The minimum atomic E-state index is -0.0973. The van der Waals surface area contributed by atoms with E-state index >= 15 is 0 Å². The van der Waals surface area contributed by atoms with Gasteiger partial charge in [-0.25, -0.2) is 0 Å². The average molecular weight is 315 g/mol. The number of nitrogens with one attached hydrogen (secondary N) is 1. The largest absolute Gasteiger partial charge is 0.497 e. The van der Waals surface area contributed by atoms with Gasteiger partial charge in [0, 0.05) is 18.5 Å². The molecule has 3 rings (SSSR count). The second-order valence-electron chi connectivity index (χ2n) is 5.89. The van der Waals surface area contributed by atoms with Crippen molar-refractivity contribution in [3.05, 3.63) is 46.9 Å². The lowest BCUT2D eigenvalue weighted by molar-refractivity contribution is 0.0937. The molecule has 0 spiro atoms. The fraction of sp³-hybridized carbons (Fsp3) is 0.389. The highest BCUT2D eigenvalue weighted by Crippen LogP contribution is 2.30. The average Bonchev–Trinajstić information content (AvgIpc) is 2.90. The van der Waals surface area contributed by atoms with Crippen molar-refractivity contribution >= 4 is 5.91 Å². The van der Waals surface area contributed by atoms with Crippen LogP contribution in [-0.4, -0.2) is 26.2 Å². The molecule has 1 aromatic heterocycles. The van der Waals surface area contributed by atoms with E-state index in [-0.39, 0.29) is 11.8 Å². The van der Waals surface area contributed by atoms with E-state index in [0.29, 0.717) is 24.5 Å². The first-order valence-electron chi connectivity index (χ1n) is 7.71. The summed E-state index contributed by atoms with van der Waals surface area (Å²) >= 11 is 0. The van der Waals surface area contributed by atoms with E-state index < -0.39 is 0 Å². The van der Waals surface area contributed by atoms with Crippen LogP contribution in [0.5, 0.6) is 11.5 Å². The van der Waals surface area contributed by atoms with Crippen LogP contribution in [0.2, 0.25) is 0 Å². The Morgan fingerprint density at radius 3 is 2.87 bits per heavy atom. The van der Waals surface area contributed by atoms with Gasteiger partial charge in [0.05, 0.1) is 19.3 Å². The van der Waals surface area contributed by atoms with Gasteiger partial charge in [0.1, 0.15) is 23.0 Å². The van der Waals surface area contributed by atoms with Gasteiger partial charge in [0.2, 0.25) is 0 Å². The number of carbonyl (C=O) groups is 1. The fourth-order valence-electron chi connectivity index (χ4n) is 2.86. The van der Waals surface area contributed by atoms with E-state index in [1.165, 1.54) is 0 Å². The lowest BCUT2D eigenvalue weighted by Gasteiger charge is -2.25. The number of ether oxygens (including phenoxy) is 2. The number of methoxy groups -OCH3 is 1. The molecule has 1 aliphatic rings. The summed E-state index contributed by atoms with van der Waals surface area (Å²) in [5, 5.41) is 2.97. The van der Waals surface area contributed by atoms with Crippen molar-refractivity contribution in [3.63, 3.8) is 0 Å². The number of benzene rings is 1. The minimum Gasteiger partial charge on any atom is -0.497 e. The van der Waals surface area contributed by atoms with Gasteiger partial charge in [0.25, 0.3) is 5.91 Å². The van der Waals surface area contributed by atoms with Gasteiger partial charge in [-0.3, -0.25) is 4.79 Å². The molecule has 1 atom stereocenters. The zero-order valence-electron chi connectivity index (χ0n) is 13.6. The van der Waals surface area contributed by atoms with Crippen LogP contribution in [0.15, 0.2) is 28.7 Å². The third-order valence-corrected chi connectivity index (χ3v) is 4.09. The quantitative estimate of drug-likeness (QED) is 0.942. The van der Waals surface area contributed by atoms with E-state index in [1.807, 2.05) is 25.1 Å². The number of fused-ring (bicyclic) bond motifs is 1. The second-order valence-corrected chi connectivity index (χ2v) is 5.89. The first kappa shape index (κ1) is 15.5. The topological polar surface area (TPSA) is 60.7 Å². The molecule has 0 saturated carbocycles. The van der Waals surface area contributed by atoms with Crippen LogP contribution >= 0.6 is 0 Å². The predicted molar refractivity (Wildman–Crippen MR) is 86.2 cm³/mol. The van der Waals surface area contributed by atoms with E-state index in [4.69, 9.17) is 13.9 Å². The summed E-state index contributed by atoms with van der Waals surface area (Å²) in [4.78, 5) is 12.2. The maximum absolute atomic E-state index is 12.2. The van der Waals surface area contributed by atoms with Crippen LogP contribution in [0, 0.1) is 19.8 Å². The predicted octanol–water partition coefficient (Wildman–Crippen LogP) is 2.89. The Labute approximate surface area is 135 Å². The smallest absolute Gasteiger partial charge is 0.254 e. The van der Waals surface area contributed by atoms with Crippen molar-refractivity contribution < 1.29 is 18.7 Å². The van der Waals surface area contributed by atoms with Crippen LogP contribution in [0.4, 0.5) is 0 Å². The molecular weight excluding hydrogens is 294 g/mol. The van der Waals surface area contributed by atoms with Crippen LogP contribution in [0.3, 0.4) is 0 Å². The molecule has 5 heteroatoms. The van der Waals surface area contributed by atoms with E-state index in [1.54, 1.807) is 20.1 Å². The summed E-state index contributed by atoms with van der Waals surface area (Å²) < 4.78 is 16.4. The Bertz CT molecular complexity index is 720. The number of rotatable bonds is 4. The zero-order chi connectivity index (χ0) is 16.4. The second kappa shape index (κ2) is 6.36. The monoisotopic (exact) mass is 315 g/mol. The lowest BCUT2D eigenvalue weighted by atomic mass is 9.96. The number of furan rings is 1. The van der Waals surface area contributed by atoms with Crippen LogP contribution < -0.4 is 14.8 Å². The number of carbonyl (C=O) groups excluding carboxylic acids is 1. The van der Waals surface area contributed by atoms with Crippen molar-refractivity contribution in [2.75, 3.05) is 20.3 Å². The standard InChI is InChI=1S/C18H21NO4/c1-11-6-16(12(2)23-11)18(20)19-9-13-7-14-4-5-15(21-3)8-17(14)22-10-13/h4-6,8,13H,7,9-10H2,1-3H3,(H,19,20). The molecule has 1 amide bonds. The molecule has 2 aromatic rings. The van der Waals surface area contributed by atoms with Crippen LogP contribution in [0.25, 0.3) is 0 Å². The normalized spacial score (nSPS) is 16.4. The molecule has 0 bridgehead atoms. The lowest BCUT2D eigenvalue weighted by Crippen LogP contribution is -2.34. The van der Waals surface area contributed by atoms with Crippen molar-refractivity contribution in [2.24, 2.45) is 5.92 Å². The molecule has 122 valence electrons. The highest BCUT2D eigenvalue weighted by Gasteiger charge is 2.22. The van der Waals surface area contributed by atoms with Gasteiger partial charge in [-0.05, 0) is 38.0 Å². The first-order valence-corrected chi connectivity index (χ1v) is 7.71. The molecule has 1 aliphatic heterocycles. The maximum Gasteiger partial charge on any atom is 0.254 e. The van der Waals surface area contributed by atoms with Gasteiger partial charge in [-0.1, -0.05) is 6.07 Å². The Balaban J connectivity index is 1.59. The highest BCUT2D eigenvalue weighted by molar-refractivity contribution is 5.95. The van der Waals surface area contributed by atoms with Crippen molar-refractivity contribution in [1.29, 1.82) is 0 Å². The number of hydrogen-bond acceptors (Lipinski definition) is 4. The maximum atomic E-state index is 12.2. The van der Waals surface area contributed by atoms with Crippen molar-refractivity contribution in [3.8, 4) is 11.5 Å². The third kappa shape index (κ3) is 3.33. The minimum absolute atomic E-state index is 0.0973. The Morgan fingerprint density at radius 1 is 1.35 bits per heavy atom. The zero-order valence-corrected chi connectivity index (χ0v) is 13.6. The summed E-state index contributed by atoms with van der Waals surface area (Å²) in [6, 6.07) is 7.62. The van der Waals surface area contributed by atoms with Crippen molar-refractivity contribution in [2.45, 2.75) is 20.3 Å². The van der Waals surface area contributed by atoms with E-state index in [9.17, 15) is 4.79 Å². The summed E-state index contributed by atoms with van der Waals surface area (Å²) in [5.74, 6) is 3.22. The van der Waals surface area contributed by atoms with Gasteiger partial charge in [0.15, 0.2) is 0 Å². The fourth-order valence-corrected chi connectivity index (χ4v) is 2.86. The number of aryl methyl sites for hydroxylation is 2. The first-order chi connectivity index (χ1) is 11.1. The molecule has 1 unspecified atom stereocenters. The van der Waals surface area contributed by atoms with Crippen molar-refractivity contribution in [1.82, 2.24) is 5.32 Å². The molecule has 0 aliphatic carbocycles. The molecule has 0 saturated heterocycles. The van der Waals surface area contributed by atoms with Gasteiger partial charge >= 0.3 is 0 Å². The van der Waals surface area contributed by atoms with E-state index in [2.05, 4.69) is 5.32 Å². The molecule has 0 radical (unpaired) electrons. The molecule has 1 aromatic carbocycles. The highest BCUT2D eigenvalue weighted by atomic mass is 16.5. The SMILES string of the molecule is COc1ccc2c(c1)OCC(CNC(=O)c1cc(C)oc1C)C2. The Kier molecular flexibility index (Phi) is 4.28. The summed E-state index contributed by atoms with van der Waals surface area (Å²) in [5.41, 5.74) is 1.75. The molecule has 5 nitrogen and oxygen atoms in total. The van der Waals surface area contributed by atoms with Gasteiger partial charge < -0.3 is 19.2 Å². The number of amides is 1. The molecule has 23 heavy (non-hydrogen) atoms. The van der Waals surface area contributed by atoms with Gasteiger partial charge in [-0.2, -0.15) is 0 Å². The number of hydrogen-bond donors (Lipinski definition) is 1. The summed E-state index contributed by atoms with van der Waals surface area (Å²) in [6.45, 7) is 4.80. The van der Waals surface area contributed by atoms with E-state index in [0.717, 1.165) is 29.2 Å². The molecule has 0 fully saturated rings. The Hall–Kier alpha value is -2.43. The third-order valence-electron chi connectivity index (χ3n) is 4.09. The van der Waals surface area contributed by atoms with Crippen LogP contribution in [0.1, 0.15) is 27.4 Å². The molecule has 1 N–H and O–H groups in total. The molecular formula is C18H21NO4. The van der Waals surface area contributed by atoms with Crippen LogP contribution in [-0.2, 0) is 6.42 Å². The summed E-state index contributed by atoms with van der Waals surface area (Å²) in [7, 11) is 1.64.